The molecule has 1 heterocycles. The van der Waals surface area contributed by atoms with Gasteiger partial charge in [0.25, 0.3) is 0 Å². The molecule has 0 radical (unpaired) electrons. The van der Waals surface area contributed by atoms with Crippen molar-refractivity contribution in [2.75, 3.05) is 30.7 Å². The van der Waals surface area contributed by atoms with Gasteiger partial charge in [0.1, 0.15) is 0 Å². The first-order chi connectivity index (χ1) is 15.6. The summed E-state index contributed by atoms with van der Waals surface area (Å²) in [5.41, 5.74) is 1.93. The van der Waals surface area contributed by atoms with Gasteiger partial charge in [-0.2, -0.15) is 0 Å². The number of piperidine rings is 1. The fraction of sp³-hybridized carbons (Fsp3) is 0.308. The average molecular weight is 448 g/mol. The van der Waals surface area contributed by atoms with E-state index in [1.165, 1.54) is 10.8 Å². The van der Waals surface area contributed by atoms with Crippen molar-refractivity contribution >= 4 is 40.2 Å². The van der Waals surface area contributed by atoms with Crippen LogP contribution in [0.5, 0.6) is 0 Å². The van der Waals surface area contributed by atoms with Crippen molar-refractivity contribution in [1.29, 1.82) is 0 Å². The van der Waals surface area contributed by atoms with Gasteiger partial charge in [-0.25, -0.2) is 4.79 Å². The van der Waals surface area contributed by atoms with Crippen molar-refractivity contribution < 1.29 is 9.59 Å². The standard InChI is InChI=1S/C26H29N3O2S/c1-19-8-11-23(12-9-19)28-26(31)27-16-20-5-4-14-29(17-20)25(30)18-32-24-13-10-21-6-2-3-7-22(21)15-24/h2-3,6-13,15,20H,4-5,14,16-18H2,1H3,(H2,27,28,31). The summed E-state index contributed by atoms with van der Waals surface area (Å²) in [4.78, 5) is 28.1. The van der Waals surface area contributed by atoms with E-state index in [0.717, 1.165) is 35.5 Å². The first-order valence-corrected chi connectivity index (χ1v) is 12.1. The Labute approximate surface area is 193 Å². The summed E-state index contributed by atoms with van der Waals surface area (Å²) in [6, 6.07) is 22.1. The zero-order chi connectivity index (χ0) is 22.3. The quantitative estimate of drug-likeness (QED) is 0.504. The van der Waals surface area contributed by atoms with Crippen molar-refractivity contribution in [3.05, 3.63) is 72.3 Å². The third-order valence-corrected chi connectivity index (χ3v) is 6.79. The first kappa shape index (κ1) is 22.2. The smallest absolute Gasteiger partial charge is 0.319 e. The monoisotopic (exact) mass is 447 g/mol. The number of hydrogen-bond acceptors (Lipinski definition) is 3. The van der Waals surface area contributed by atoms with Gasteiger partial charge in [0.05, 0.1) is 5.75 Å². The van der Waals surface area contributed by atoms with Gasteiger partial charge in [-0.1, -0.05) is 48.0 Å². The molecule has 6 heteroatoms. The van der Waals surface area contributed by atoms with E-state index in [0.29, 0.717) is 18.8 Å². The lowest BCUT2D eigenvalue weighted by atomic mass is 9.98. The number of fused-ring (bicyclic) bond motifs is 1. The molecule has 0 aromatic heterocycles. The van der Waals surface area contributed by atoms with E-state index in [-0.39, 0.29) is 17.9 Å². The molecule has 3 amide bonds. The second kappa shape index (κ2) is 10.6. The van der Waals surface area contributed by atoms with Gasteiger partial charge >= 0.3 is 6.03 Å². The van der Waals surface area contributed by atoms with Crippen LogP contribution in [-0.2, 0) is 4.79 Å². The lowest BCUT2D eigenvalue weighted by Crippen LogP contribution is -2.44. The maximum absolute atomic E-state index is 12.8. The topological polar surface area (TPSA) is 61.4 Å². The minimum Gasteiger partial charge on any atom is -0.342 e. The average Bonchev–Trinajstić information content (AvgIpc) is 2.83. The van der Waals surface area contributed by atoms with Gasteiger partial charge in [0.15, 0.2) is 0 Å². The molecule has 5 nitrogen and oxygen atoms in total. The Morgan fingerprint density at radius 3 is 2.62 bits per heavy atom. The molecule has 1 atom stereocenters. The predicted octanol–water partition coefficient (Wildman–Crippen LogP) is 5.30. The number of aryl methyl sites for hydroxylation is 1. The lowest BCUT2D eigenvalue weighted by molar-refractivity contribution is -0.130. The summed E-state index contributed by atoms with van der Waals surface area (Å²) in [6.07, 6.45) is 1.99. The van der Waals surface area contributed by atoms with Gasteiger partial charge in [-0.15, -0.1) is 11.8 Å². The molecule has 1 unspecified atom stereocenters. The number of rotatable bonds is 6. The van der Waals surface area contributed by atoms with Crippen LogP contribution in [0.25, 0.3) is 10.8 Å². The van der Waals surface area contributed by atoms with Gasteiger partial charge in [0, 0.05) is 30.2 Å². The molecular formula is C26H29N3O2S. The number of urea groups is 1. The number of carbonyl (C=O) groups excluding carboxylic acids is 2. The summed E-state index contributed by atoms with van der Waals surface area (Å²) >= 11 is 1.59. The fourth-order valence-electron chi connectivity index (χ4n) is 4.00. The molecule has 0 saturated carbocycles. The lowest BCUT2D eigenvalue weighted by Gasteiger charge is -2.33. The zero-order valence-corrected chi connectivity index (χ0v) is 19.2. The number of hydrogen-bond donors (Lipinski definition) is 2. The SMILES string of the molecule is Cc1ccc(NC(=O)NCC2CCCN(C(=O)CSc3ccc4ccccc4c3)C2)cc1. The first-order valence-electron chi connectivity index (χ1n) is 11.1. The van der Waals surface area contributed by atoms with Crippen molar-refractivity contribution in [3.8, 4) is 0 Å². The van der Waals surface area contributed by atoms with Crippen LogP contribution < -0.4 is 10.6 Å². The minimum absolute atomic E-state index is 0.164. The summed E-state index contributed by atoms with van der Waals surface area (Å²) in [5, 5.41) is 8.22. The van der Waals surface area contributed by atoms with Gasteiger partial charge in [-0.05, 0) is 60.7 Å². The summed E-state index contributed by atoms with van der Waals surface area (Å²) in [6.45, 7) is 4.07. The maximum atomic E-state index is 12.8. The number of carbonyl (C=O) groups is 2. The highest BCUT2D eigenvalue weighted by molar-refractivity contribution is 8.00. The van der Waals surface area contributed by atoms with Gasteiger partial charge in [-0.3, -0.25) is 4.79 Å². The highest BCUT2D eigenvalue weighted by Gasteiger charge is 2.24. The summed E-state index contributed by atoms with van der Waals surface area (Å²) in [5.74, 6) is 0.881. The Kier molecular flexibility index (Phi) is 7.32. The molecular weight excluding hydrogens is 418 g/mol. The maximum Gasteiger partial charge on any atom is 0.319 e. The third-order valence-electron chi connectivity index (χ3n) is 5.82. The van der Waals surface area contributed by atoms with Crippen LogP contribution in [0.1, 0.15) is 18.4 Å². The largest absolute Gasteiger partial charge is 0.342 e. The van der Waals surface area contributed by atoms with E-state index in [2.05, 4.69) is 41.0 Å². The molecule has 2 N–H and O–H groups in total. The number of thioether (sulfide) groups is 1. The van der Waals surface area contributed by atoms with Crippen molar-refractivity contribution in [2.45, 2.75) is 24.7 Å². The minimum atomic E-state index is -0.204. The molecule has 4 rings (SSSR count). The molecule has 1 fully saturated rings. The van der Waals surface area contributed by atoms with E-state index >= 15 is 0 Å². The Hall–Kier alpha value is -2.99. The third kappa shape index (κ3) is 6.04. The van der Waals surface area contributed by atoms with Crippen LogP contribution in [0.4, 0.5) is 10.5 Å². The molecule has 0 aliphatic carbocycles. The number of nitrogens with one attached hydrogen (secondary N) is 2. The number of benzene rings is 3. The summed E-state index contributed by atoms with van der Waals surface area (Å²) < 4.78 is 0. The molecule has 0 bridgehead atoms. The van der Waals surface area contributed by atoms with Crippen LogP contribution in [-0.4, -0.2) is 42.2 Å². The van der Waals surface area contributed by atoms with Crippen LogP contribution in [0, 0.1) is 12.8 Å². The molecule has 1 aliphatic heterocycles. The Balaban J connectivity index is 1.23. The number of likely N-dealkylation sites (tertiary alicyclic amines) is 1. The molecule has 32 heavy (non-hydrogen) atoms. The highest BCUT2D eigenvalue weighted by atomic mass is 32.2. The number of anilines is 1. The van der Waals surface area contributed by atoms with Crippen molar-refractivity contribution in [3.63, 3.8) is 0 Å². The van der Waals surface area contributed by atoms with Gasteiger partial charge in [0.2, 0.25) is 5.91 Å². The van der Waals surface area contributed by atoms with Crippen LogP contribution in [0.15, 0.2) is 71.6 Å². The van der Waals surface area contributed by atoms with E-state index in [4.69, 9.17) is 0 Å². The van der Waals surface area contributed by atoms with Crippen LogP contribution in [0.3, 0.4) is 0 Å². The van der Waals surface area contributed by atoms with E-state index in [9.17, 15) is 9.59 Å². The van der Waals surface area contributed by atoms with E-state index in [1.807, 2.05) is 48.2 Å². The van der Waals surface area contributed by atoms with Crippen molar-refractivity contribution in [2.24, 2.45) is 5.92 Å². The molecule has 3 aromatic carbocycles. The number of nitrogens with zero attached hydrogens (tertiary/aromatic N) is 1. The van der Waals surface area contributed by atoms with Crippen LogP contribution >= 0.6 is 11.8 Å². The normalized spacial score (nSPS) is 16.0. The predicted molar refractivity (Wildman–Crippen MR) is 132 cm³/mol. The molecule has 3 aromatic rings. The van der Waals surface area contributed by atoms with E-state index in [1.54, 1.807) is 11.8 Å². The fourth-order valence-corrected chi connectivity index (χ4v) is 4.85. The molecule has 166 valence electrons. The summed E-state index contributed by atoms with van der Waals surface area (Å²) in [7, 11) is 0. The van der Waals surface area contributed by atoms with Crippen LogP contribution in [0.2, 0.25) is 0 Å². The second-order valence-corrected chi connectivity index (χ2v) is 9.40. The zero-order valence-electron chi connectivity index (χ0n) is 18.3. The highest BCUT2D eigenvalue weighted by Crippen LogP contribution is 2.25. The second-order valence-electron chi connectivity index (χ2n) is 8.35. The van der Waals surface area contributed by atoms with Gasteiger partial charge < -0.3 is 15.5 Å². The number of amides is 3. The Morgan fingerprint density at radius 2 is 1.81 bits per heavy atom. The van der Waals surface area contributed by atoms with Crippen molar-refractivity contribution in [1.82, 2.24) is 10.2 Å². The Bertz CT molecular complexity index is 1080. The Morgan fingerprint density at radius 1 is 1.03 bits per heavy atom. The molecule has 1 saturated heterocycles. The molecule has 0 spiro atoms. The molecule has 1 aliphatic rings. The van der Waals surface area contributed by atoms with E-state index < -0.39 is 0 Å².